The number of amides is 1. The van der Waals surface area contributed by atoms with Crippen LogP contribution in [0.2, 0.25) is 0 Å². The minimum absolute atomic E-state index is 0.205. The molecule has 0 aliphatic heterocycles. The van der Waals surface area contributed by atoms with E-state index in [0.29, 0.717) is 12.2 Å². The van der Waals surface area contributed by atoms with Crippen LogP contribution in [-0.2, 0) is 9.59 Å². The summed E-state index contributed by atoms with van der Waals surface area (Å²) in [7, 11) is 0. The lowest BCUT2D eigenvalue weighted by atomic mass is 10.1. The topological polar surface area (TPSA) is 75.6 Å². The molecule has 1 aromatic carbocycles. The highest BCUT2D eigenvalue weighted by molar-refractivity contribution is 5.83. The molecular formula is C21H31NO4. The molecule has 5 nitrogen and oxygen atoms in total. The van der Waals surface area contributed by atoms with E-state index < -0.39 is 12.0 Å². The lowest BCUT2D eigenvalue weighted by Gasteiger charge is -2.15. The van der Waals surface area contributed by atoms with Crippen LogP contribution < -0.4 is 10.1 Å². The molecule has 1 aromatic rings. The quantitative estimate of drug-likeness (QED) is 0.360. The van der Waals surface area contributed by atoms with Gasteiger partial charge in [0.2, 0.25) is 5.91 Å². The average molecular weight is 361 g/mol. The molecule has 26 heavy (non-hydrogen) atoms. The van der Waals surface area contributed by atoms with Gasteiger partial charge < -0.3 is 15.2 Å². The van der Waals surface area contributed by atoms with Gasteiger partial charge in [0.15, 0.2) is 0 Å². The van der Waals surface area contributed by atoms with E-state index in [1.54, 1.807) is 0 Å². The molecule has 1 rings (SSSR count). The van der Waals surface area contributed by atoms with Crippen LogP contribution >= 0.6 is 0 Å². The highest BCUT2D eigenvalue weighted by Gasteiger charge is 2.19. The molecule has 0 spiro atoms. The fraction of sp³-hybridized carbons (Fsp3) is 0.524. The van der Waals surface area contributed by atoms with E-state index in [2.05, 4.69) is 11.9 Å². The van der Waals surface area contributed by atoms with Crippen molar-refractivity contribution in [3.63, 3.8) is 0 Å². The summed E-state index contributed by atoms with van der Waals surface area (Å²) in [6.45, 7) is 3.95. The Morgan fingerprint density at radius 2 is 1.73 bits per heavy atom. The number of allylic oxidation sites excluding steroid dienone is 1. The van der Waals surface area contributed by atoms with Gasteiger partial charge in [-0.1, -0.05) is 50.0 Å². The number of hydrogen-bond donors (Lipinski definition) is 2. The van der Waals surface area contributed by atoms with Gasteiger partial charge in [-0.15, -0.1) is 6.58 Å². The number of carboxylic acids is 1. The lowest BCUT2D eigenvalue weighted by molar-refractivity contribution is -0.142. The predicted molar refractivity (Wildman–Crippen MR) is 103 cm³/mol. The smallest absolute Gasteiger partial charge is 0.326 e. The summed E-state index contributed by atoms with van der Waals surface area (Å²) in [5, 5.41) is 11.8. The van der Waals surface area contributed by atoms with Crippen LogP contribution in [0.25, 0.3) is 0 Å². The average Bonchev–Trinajstić information content (AvgIpc) is 2.64. The Morgan fingerprint density at radius 3 is 2.38 bits per heavy atom. The van der Waals surface area contributed by atoms with Crippen molar-refractivity contribution in [1.29, 1.82) is 0 Å². The third-order valence-corrected chi connectivity index (χ3v) is 4.11. The van der Waals surface area contributed by atoms with Gasteiger partial charge in [-0.2, -0.15) is 0 Å². The zero-order chi connectivity index (χ0) is 19.0. The largest absolute Gasteiger partial charge is 0.494 e. The van der Waals surface area contributed by atoms with Crippen molar-refractivity contribution in [3.05, 3.63) is 43.0 Å². The first kappa shape index (κ1) is 21.7. The molecular weight excluding hydrogens is 330 g/mol. The number of benzene rings is 1. The maximum atomic E-state index is 11.9. The third-order valence-electron chi connectivity index (χ3n) is 4.11. The first-order valence-corrected chi connectivity index (χ1v) is 9.44. The second-order valence-electron chi connectivity index (χ2n) is 6.36. The molecule has 0 radical (unpaired) electrons. The maximum Gasteiger partial charge on any atom is 0.326 e. The second-order valence-corrected chi connectivity index (χ2v) is 6.36. The number of carboxylic acid groups (broad SMARTS) is 1. The normalized spacial score (nSPS) is 11.5. The van der Waals surface area contributed by atoms with E-state index in [1.807, 2.05) is 36.4 Å². The molecule has 0 fully saturated rings. The number of ether oxygens (including phenoxy) is 1. The van der Waals surface area contributed by atoms with Crippen molar-refractivity contribution < 1.29 is 19.4 Å². The Kier molecular flexibility index (Phi) is 11.6. The van der Waals surface area contributed by atoms with Gasteiger partial charge in [0.05, 0.1) is 6.61 Å². The number of carbonyl (C=O) groups is 2. The van der Waals surface area contributed by atoms with E-state index in [1.165, 1.54) is 19.3 Å². The van der Waals surface area contributed by atoms with Crippen LogP contribution in [0.1, 0.15) is 57.8 Å². The molecule has 144 valence electrons. The number of nitrogens with one attached hydrogen (secondary N) is 1. The minimum Gasteiger partial charge on any atom is -0.494 e. The standard InChI is InChI=1S/C21H31NO4/c1-2-3-4-5-6-7-8-12-15-20(23)22-19(21(24)25)16-17-26-18-13-10-9-11-14-18/h2,9-11,13-14,19H,1,3-8,12,15-17H2,(H,22,23)(H,24,25)/t19-/m0/s1. The summed E-state index contributed by atoms with van der Waals surface area (Å²) in [6.07, 6.45) is 10.0. The minimum atomic E-state index is -1.03. The molecule has 0 bridgehead atoms. The first-order chi connectivity index (χ1) is 12.6. The lowest BCUT2D eigenvalue weighted by Crippen LogP contribution is -2.41. The van der Waals surface area contributed by atoms with Crippen LogP contribution in [0.5, 0.6) is 5.75 Å². The van der Waals surface area contributed by atoms with E-state index in [-0.39, 0.29) is 18.9 Å². The molecule has 0 saturated heterocycles. The molecule has 2 N–H and O–H groups in total. The predicted octanol–water partition coefficient (Wildman–Crippen LogP) is 4.33. The van der Waals surface area contributed by atoms with Gasteiger partial charge in [0, 0.05) is 12.8 Å². The number of aliphatic carboxylic acids is 1. The Hall–Kier alpha value is -2.30. The van der Waals surface area contributed by atoms with Crippen LogP contribution in [0.3, 0.4) is 0 Å². The number of para-hydroxylation sites is 1. The van der Waals surface area contributed by atoms with Gasteiger partial charge in [-0.05, 0) is 31.4 Å². The van der Waals surface area contributed by atoms with Crippen molar-refractivity contribution >= 4 is 11.9 Å². The van der Waals surface area contributed by atoms with Crippen molar-refractivity contribution in [3.8, 4) is 5.75 Å². The molecule has 0 aliphatic carbocycles. The van der Waals surface area contributed by atoms with Gasteiger partial charge >= 0.3 is 5.97 Å². The number of hydrogen-bond acceptors (Lipinski definition) is 3. The summed E-state index contributed by atoms with van der Waals surface area (Å²) in [5.41, 5.74) is 0. The summed E-state index contributed by atoms with van der Waals surface area (Å²) < 4.78 is 5.50. The van der Waals surface area contributed by atoms with Gasteiger partial charge in [0.25, 0.3) is 0 Å². The highest BCUT2D eigenvalue weighted by Crippen LogP contribution is 2.10. The van der Waals surface area contributed by atoms with Crippen LogP contribution in [0.15, 0.2) is 43.0 Å². The van der Waals surface area contributed by atoms with Crippen molar-refractivity contribution in [1.82, 2.24) is 5.32 Å². The fourth-order valence-electron chi connectivity index (χ4n) is 2.62. The summed E-state index contributed by atoms with van der Waals surface area (Å²) in [6, 6.07) is 8.30. The summed E-state index contributed by atoms with van der Waals surface area (Å²) in [5.74, 6) is -0.544. The van der Waals surface area contributed by atoms with E-state index in [0.717, 1.165) is 25.7 Å². The highest BCUT2D eigenvalue weighted by atomic mass is 16.5. The van der Waals surface area contributed by atoms with E-state index in [4.69, 9.17) is 4.74 Å². The molecule has 1 atom stereocenters. The Balaban J connectivity index is 2.15. The van der Waals surface area contributed by atoms with Crippen LogP contribution in [0, 0.1) is 0 Å². The molecule has 5 heteroatoms. The summed E-state index contributed by atoms with van der Waals surface area (Å²) in [4.78, 5) is 23.2. The number of unbranched alkanes of at least 4 members (excludes halogenated alkanes) is 6. The van der Waals surface area contributed by atoms with Crippen molar-refractivity contribution in [2.75, 3.05) is 6.61 Å². The van der Waals surface area contributed by atoms with E-state index in [9.17, 15) is 14.7 Å². The van der Waals surface area contributed by atoms with Gasteiger partial charge in [-0.25, -0.2) is 4.79 Å². The fourth-order valence-corrected chi connectivity index (χ4v) is 2.62. The molecule has 1 amide bonds. The molecule has 0 aliphatic rings. The number of rotatable bonds is 15. The zero-order valence-electron chi connectivity index (χ0n) is 15.5. The first-order valence-electron chi connectivity index (χ1n) is 9.44. The molecule has 0 saturated carbocycles. The summed E-state index contributed by atoms with van der Waals surface area (Å²) >= 11 is 0. The molecule has 0 unspecified atom stereocenters. The monoisotopic (exact) mass is 361 g/mol. The number of carbonyl (C=O) groups excluding carboxylic acids is 1. The van der Waals surface area contributed by atoms with E-state index >= 15 is 0 Å². The van der Waals surface area contributed by atoms with Crippen LogP contribution in [-0.4, -0.2) is 29.6 Å². The van der Waals surface area contributed by atoms with Crippen molar-refractivity contribution in [2.24, 2.45) is 0 Å². The SMILES string of the molecule is C=CCCCCCCCCC(=O)N[C@@H](CCOc1ccccc1)C(=O)O. The molecule has 0 heterocycles. The zero-order valence-corrected chi connectivity index (χ0v) is 15.5. The van der Waals surface area contributed by atoms with Gasteiger partial charge in [-0.3, -0.25) is 4.79 Å². The van der Waals surface area contributed by atoms with Crippen LogP contribution in [0.4, 0.5) is 0 Å². The Morgan fingerprint density at radius 1 is 1.08 bits per heavy atom. The van der Waals surface area contributed by atoms with Crippen molar-refractivity contribution in [2.45, 2.75) is 63.8 Å². The molecule has 0 aromatic heterocycles. The van der Waals surface area contributed by atoms with Gasteiger partial charge in [0.1, 0.15) is 11.8 Å². The maximum absolute atomic E-state index is 11.9. The second kappa shape index (κ2) is 13.9. The third kappa shape index (κ3) is 10.5. The Bertz CT molecular complexity index is 530. The Labute approximate surface area is 156 Å².